The van der Waals surface area contributed by atoms with Gasteiger partial charge in [-0.25, -0.2) is 36.4 Å². The Morgan fingerprint density at radius 1 is 0.574 bits per heavy atom. The van der Waals surface area contributed by atoms with Gasteiger partial charge in [0.05, 0.1) is 47.8 Å². The van der Waals surface area contributed by atoms with E-state index in [-0.39, 0.29) is 38.8 Å². The molecular formula is C84H116N10O19S2. The van der Waals surface area contributed by atoms with Crippen LogP contribution in [0, 0.1) is 34.5 Å². The summed E-state index contributed by atoms with van der Waals surface area (Å²) >= 11 is 0. The second-order valence-corrected chi connectivity index (χ2v) is 41.8. The molecule has 29 nitrogen and oxygen atoms in total. The number of aliphatic carboxylic acids is 1. The molecule has 31 heteroatoms. The van der Waals surface area contributed by atoms with E-state index < -0.39 is 159 Å². The lowest BCUT2D eigenvalue weighted by Gasteiger charge is -2.36. The predicted octanol–water partition coefficient (Wildman–Crippen LogP) is 10.4. The first kappa shape index (κ1) is 85.5. The number of nitrogens with one attached hydrogen (secondary N) is 5. The van der Waals surface area contributed by atoms with Crippen LogP contribution < -0.4 is 50.1 Å². The van der Waals surface area contributed by atoms with Gasteiger partial charge in [0.15, 0.2) is 0 Å². The molecule has 0 bridgehead atoms. The van der Waals surface area contributed by atoms with Crippen LogP contribution in [0.3, 0.4) is 0 Å². The molecule has 14 rings (SSSR count). The van der Waals surface area contributed by atoms with Crippen molar-refractivity contribution in [2.24, 2.45) is 39.6 Å². The Labute approximate surface area is 674 Å². The molecule has 115 heavy (non-hydrogen) atoms. The average Bonchev–Trinajstić information content (AvgIpc) is 1.56. The maximum absolute atomic E-state index is 14.7. The Bertz CT molecular complexity index is 4730. The molecule has 7 amide bonds. The number of carboxylic acid groups (broad SMARTS) is 1. The molecule has 2 aromatic carbocycles. The number of hydrogen-bond acceptors (Lipinski definition) is 20. The number of ether oxygens (including phenoxy) is 6. The summed E-state index contributed by atoms with van der Waals surface area (Å²) in [5.41, 5.74) is -3.04. The lowest BCUT2D eigenvalue weighted by atomic mass is 9.85. The van der Waals surface area contributed by atoms with Crippen molar-refractivity contribution in [3.05, 3.63) is 85.2 Å². The Hall–Kier alpha value is -8.84. The zero-order chi connectivity index (χ0) is 83.9. The third kappa shape index (κ3) is 19.7. The number of alkyl carbamates (subject to hydrolysis) is 2. The molecule has 2 saturated heterocycles. The molecule has 0 radical (unpaired) electrons. The van der Waals surface area contributed by atoms with Crippen molar-refractivity contribution in [2.45, 2.75) is 279 Å². The fourth-order valence-electron chi connectivity index (χ4n) is 15.7. The summed E-state index contributed by atoms with van der Waals surface area (Å²) < 4.78 is 85.4. The Kier molecular flexibility index (Phi) is 23.5. The number of nitrogens with two attached hydrogens (primary N) is 1. The number of rotatable bonds is 27. The Morgan fingerprint density at radius 3 is 1.28 bits per heavy atom. The minimum atomic E-state index is -4.02. The van der Waals surface area contributed by atoms with Gasteiger partial charge in [0.25, 0.3) is 5.91 Å². The van der Waals surface area contributed by atoms with Gasteiger partial charge >= 0.3 is 18.2 Å². The molecule has 8 N–H and O–H groups in total. The minimum Gasteiger partial charge on any atom is -0.497 e. The number of aromatic nitrogens is 2. The van der Waals surface area contributed by atoms with E-state index >= 15 is 0 Å². The SMILES string of the molecule is C=C[C@@H]1C[C@]1(NC(=O)[C@@H]1C[C@@H](Oc2cc(C3CC3)nc3cc(OC)ccc23)CN1C(=O)[C@@H](NC(=O)OC(C)(C)C)C(C)(C)C)C(=O)NS(=O)(=O)C1(CC2CC2)CC1.C=C[C@@H]1C[C@]1(NC(=O)[C@@H]1C[C@@H](Oc2cc(C3CC3)nc3cc(OC)ccc23)CN1C(=O)[C@@H](NC(=O)OC(C)(C)C)C(C)(C)C)C(=O)O.NS(=O)(=O)C1(CC2CC2)CC1. The van der Waals surface area contributed by atoms with Crippen molar-refractivity contribution in [3.63, 3.8) is 0 Å². The largest absolute Gasteiger partial charge is 0.497 e. The smallest absolute Gasteiger partial charge is 0.408 e. The summed E-state index contributed by atoms with van der Waals surface area (Å²) in [7, 11) is -4.08. The molecule has 628 valence electrons. The van der Waals surface area contributed by atoms with Crippen LogP contribution in [0.5, 0.6) is 23.0 Å². The van der Waals surface area contributed by atoms with Gasteiger partial charge in [0.2, 0.25) is 43.7 Å². The molecule has 8 aliphatic carbocycles. The van der Waals surface area contributed by atoms with E-state index in [0.29, 0.717) is 77.0 Å². The van der Waals surface area contributed by atoms with E-state index in [4.69, 9.17) is 43.5 Å². The number of sulfonamides is 2. The number of methoxy groups -OCH3 is 2. The molecular weight excluding hydrogens is 1520 g/mol. The first-order valence-corrected chi connectivity index (χ1v) is 43.3. The molecule has 10 aliphatic rings. The Morgan fingerprint density at radius 2 is 0.957 bits per heavy atom. The minimum absolute atomic E-state index is 0.0135. The number of fused-ring (bicyclic) bond motifs is 2. The molecule has 4 heterocycles. The molecule has 4 aromatic rings. The first-order chi connectivity index (χ1) is 53.7. The van der Waals surface area contributed by atoms with Crippen LogP contribution in [-0.4, -0.2) is 185 Å². The van der Waals surface area contributed by atoms with Gasteiger partial charge in [-0.3, -0.25) is 38.7 Å². The summed E-state index contributed by atoms with van der Waals surface area (Å²) in [5, 5.41) is 27.7. The zero-order valence-corrected chi connectivity index (χ0v) is 70.4. The van der Waals surface area contributed by atoms with Crippen molar-refractivity contribution >= 4 is 89.5 Å². The molecule has 2 aromatic heterocycles. The van der Waals surface area contributed by atoms with E-state index in [9.17, 15) is 60.3 Å². The number of pyridine rings is 2. The maximum Gasteiger partial charge on any atom is 0.408 e. The highest BCUT2D eigenvalue weighted by molar-refractivity contribution is 7.91. The van der Waals surface area contributed by atoms with Gasteiger partial charge in [0.1, 0.15) is 81.7 Å². The van der Waals surface area contributed by atoms with Crippen LogP contribution in [0.1, 0.15) is 222 Å². The molecule has 0 unspecified atom stereocenters. The van der Waals surface area contributed by atoms with E-state index in [0.717, 1.165) is 79.9 Å². The number of carboxylic acids is 1. The average molecular weight is 1630 g/mol. The summed E-state index contributed by atoms with van der Waals surface area (Å²) in [6.45, 7) is 28.7. The van der Waals surface area contributed by atoms with Crippen molar-refractivity contribution in [1.29, 1.82) is 0 Å². The molecule has 2 aliphatic heterocycles. The third-order valence-corrected chi connectivity index (χ3v) is 27.6. The van der Waals surface area contributed by atoms with Gasteiger partial charge in [0, 0.05) is 82.9 Å². The van der Waals surface area contributed by atoms with Crippen LogP contribution in [0.15, 0.2) is 73.8 Å². The van der Waals surface area contributed by atoms with Crippen molar-refractivity contribution in [2.75, 3.05) is 27.3 Å². The van der Waals surface area contributed by atoms with Crippen LogP contribution >= 0.6 is 0 Å². The van der Waals surface area contributed by atoms with Gasteiger partial charge in [-0.2, -0.15) is 0 Å². The second kappa shape index (κ2) is 31.6. The standard InChI is InChI=1S/C42H57N5O9S.C35H46N4O8.C7H13NO2S/c1-9-26-22-42(26,37(50)46-57(52,53)41(16-17-41)21-24-10-11-24)45-35(48)32-19-28(23-47(32)36(49)34(39(2,3)4)44-38(51)56-40(5,6)7)55-33-20-30(25-12-13-25)43-31-18-27(54-8)14-15-29(31)33;1-9-20-17-35(20,31(42)43)38-29(40)26-15-22(18-39(26)30(41)28(33(2,3)4)37-32(44)47-34(5,6)7)46-27-16-24(19-10-11-19)36-25-14-21(45-8)12-13-23(25)27;8-11(9,10)7(3-4-7)5-6-1-2-6/h9,14-15,18,20,24-26,28,32,34H,1,10-13,16-17,19,21-23H2,2-8H3,(H,44,51)(H,45,48)(H,46,50);9,12-14,16,19-20,22,26,28H,1,10-11,15,17-18H2,2-8H3,(H,37,44)(H,38,40)(H,42,43);6H,1-5H2,(H2,8,9,10)/t26-,28-,32+,34-,42-;20-,22-,26+,28-,35-;/m11./s1. The molecule has 10 atom stereocenters. The lowest BCUT2D eigenvalue weighted by Crippen LogP contribution is -2.60. The van der Waals surface area contributed by atoms with Crippen LogP contribution in [0.2, 0.25) is 0 Å². The third-order valence-electron chi connectivity index (χ3n) is 23.6. The highest BCUT2D eigenvalue weighted by Crippen LogP contribution is 2.55. The number of hydrogen-bond donors (Lipinski definition) is 7. The van der Waals surface area contributed by atoms with Crippen LogP contribution in [0.25, 0.3) is 21.8 Å². The summed E-state index contributed by atoms with van der Waals surface area (Å²) in [5.74, 6) is -1.11. The fraction of sp³-hybridized carbons (Fsp3) is 0.643. The van der Waals surface area contributed by atoms with E-state index in [1.807, 2.05) is 48.5 Å². The molecule has 10 fully saturated rings. The fourth-order valence-corrected chi connectivity index (χ4v) is 18.6. The highest BCUT2D eigenvalue weighted by Gasteiger charge is 2.65. The van der Waals surface area contributed by atoms with Gasteiger partial charge < -0.3 is 64.6 Å². The second-order valence-electron chi connectivity index (χ2n) is 37.7. The first-order valence-electron chi connectivity index (χ1n) is 40.3. The Balaban J connectivity index is 0.000000189. The summed E-state index contributed by atoms with van der Waals surface area (Å²) in [4.78, 5) is 122. The summed E-state index contributed by atoms with van der Waals surface area (Å²) in [6.07, 6.45) is 13.1. The number of carbonyl (C=O) groups is 8. The van der Waals surface area contributed by atoms with E-state index in [2.05, 4.69) is 39.1 Å². The number of nitrogens with zero attached hydrogens (tertiary/aromatic N) is 4. The predicted molar refractivity (Wildman–Crippen MR) is 430 cm³/mol. The van der Waals surface area contributed by atoms with Gasteiger partial charge in [-0.05, 0) is 166 Å². The van der Waals surface area contributed by atoms with Crippen molar-refractivity contribution in [3.8, 4) is 23.0 Å². The molecule has 0 spiro atoms. The summed E-state index contributed by atoms with van der Waals surface area (Å²) in [6, 6.07) is 10.5. The van der Waals surface area contributed by atoms with E-state index in [1.54, 1.807) is 97.3 Å². The number of benzene rings is 2. The lowest BCUT2D eigenvalue weighted by molar-refractivity contribution is -0.146. The maximum atomic E-state index is 14.7. The number of carbonyl (C=O) groups excluding carboxylic acids is 7. The monoisotopic (exact) mass is 1630 g/mol. The van der Waals surface area contributed by atoms with Crippen LogP contribution in [-0.2, 0) is 58.3 Å². The number of primary sulfonamides is 1. The van der Waals surface area contributed by atoms with Crippen LogP contribution in [0.4, 0.5) is 9.59 Å². The molecule has 8 saturated carbocycles. The topological polar surface area (TPSA) is 399 Å². The van der Waals surface area contributed by atoms with E-state index in [1.165, 1.54) is 34.8 Å². The number of amides is 7. The van der Waals surface area contributed by atoms with Crippen molar-refractivity contribution in [1.82, 2.24) is 45.8 Å². The highest BCUT2D eigenvalue weighted by atomic mass is 32.2. The quantitative estimate of drug-likeness (QED) is 0.0273. The zero-order valence-electron chi connectivity index (χ0n) is 68.7. The van der Waals surface area contributed by atoms with Gasteiger partial charge in [-0.15, -0.1) is 13.2 Å². The number of likely N-dealkylation sites (tertiary alicyclic amines) is 2. The van der Waals surface area contributed by atoms with Gasteiger partial charge in [-0.1, -0.05) is 79.4 Å². The van der Waals surface area contributed by atoms with Crippen molar-refractivity contribution < 1.29 is 88.7 Å². The normalized spacial score (nSPS) is 25.6.